The highest BCUT2D eigenvalue weighted by Crippen LogP contribution is 2.15. The van der Waals surface area contributed by atoms with Crippen molar-refractivity contribution in [3.63, 3.8) is 0 Å². The molecule has 0 aliphatic carbocycles. The van der Waals surface area contributed by atoms with Crippen LogP contribution in [0.2, 0.25) is 0 Å². The van der Waals surface area contributed by atoms with Gasteiger partial charge in [0.15, 0.2) is 0 Å². The van der Waals surface area contributed by atoms with E-state index in [-0.39, 0.29) is 5.78 Å². The van der Waals surface area contributed by atoms with Gasteiger partial charge in [-0.2, -0.15) is 12.6 Å². The SMILES string of the molecule is CC(C)(S)[C@@H](N)C(=O)O.CC(C)=O. The van der Waals surface area contributed by atoms with Gasteiger partial charge in [0.25, 0.3) is 0 Å². The minimum absolute atomic E-state index is 0.167. The summed E-state index contributed by atoms with van der Waals surface area (Å²) in [4.78, 5) is 19.6. The van der Waals surface area contributed by atoms with Crippen molar-refractivity contribution in [3.8, 4) is 0 Å². The first-order valence-corrected chi connectivity index (χ1v) is 4.21. The van der Waals surface area contributed by atoms with Gasteiger partial charge in [-0.15, -0.1) is 0 Å². The molecule has 0 radical (unpaired) electrons. The number of hydrogen-bond acceptors (Lipinski definition) is 4. The summed E-state index contributed by atoms with van der Waals surface area (Å²) in [6.45, 7) is 6.38. The Hall–Kier alpha value is -0.550. The van der Waals surface area contributed by atoms with E-state index in [0.29, 0.717) is 0 Å². The second kappa shape index (κ2) is 5.99. The molecule has 0 amide bonds. The zero-order chi connectivity index (χ0) is 11.2. The van der Waals surface area contributed by atoms with Crippen molar-refractivity contribution >= 4 is 24.4 Å². The van der Waals surface area contributed by atoms with Gasteiger partial charge < -0.3 is 15.6 Å². The van der Waals surface area contributed by atoms with Gasteiger partial charge in [-0.3, -0.25) is 4.79 Å². The summed E-state index contributed by atoms with van der Waals surface area (Å²) in [6.07, 6.45) is 0. The van der Waals surface area contributed by atoms with Crippen LogP contribution in [0.4, 0.5) is 0 Å². The molecule has 0 aromatic rings. The lowest BCUT2D eigenvalue weighted by Gasteiger charge is -2.21. The number of carbonyl (C=O) groups excluding carboxylic acids is 1. The van der Waals surface area contributed by atoms with Crippen molar-refractivity contribution in [3.05, 3.63) is 0 Å². The topological polar surface area (TPSA) is 80.4 Å². The molecule has 78 valence electrons. The van der Waals surface area contributed by atoms with Crippen molar-refractivity contribution in [1.29, 1.82) is 0 Å². The lowest BCUT2D eigenvalue weighted by molar-refractivity contribution is -0.139. The van der Waals surface area contributed by atoms with Crippen LogP contribution in [-0.4, -0.2) is 27.6 Å². The zero-order valence-corrected chi connectivity index (χ0v) is 9.26. The molecule has 3 N–H and O–H groups in total. The van der Waals surface area contributed by atoms with E-state index in [4.69, 9.17) is 10.8 Å². The van der Waals surface area contributed by atoms with Gasteiger partial charge in [-0.1, -0.05) is 0 Å². The summed E-state index contributed by atoms with van der Waals surface area (Å²) in [7, 11) is 0. The molecule has 0 fully saturated rings. The van der Waals surface area contributed by atoms with Crippen LogP contribution < -0.4 is 5.73 Å². The summed E-state index contributed by atoms with van der Waals surface area (Å²) < 4.78 is -0.647. The lowest BCUT2D eigenvalue weighted by Crippen LogP contribution is -2.45. The second-order valence-corrected chi connectivity index (χ2v) is 4.53. The molecular weight excluding hydrogens is 190 g/mol. The second-order valence-electron chi connectivity index (χ2n) is 3.38. The molecule has 0 aliphatic rings. The molecule has 0 rings (SSSR count). The summed E-state index contributed by atoms with van der Waals surface area (Å²) in [5.74, 6) is -0.852. The van der Waals surface area contributed by atoms with Gasteiger partial charge in [-0.05, 0) is 27.7 Å². The highest BCUT2D eigenvalue weighted by atomic mass is 32.1. The number of aliphatic carboxylic acids is 1. The zero-order valence-electron chi connectivity index (χ0n) is 8.37. The van der Waals surface area contributed by atoms with E-state index >= 15 is 0 Å². The van der Waals surface area contributed by atoms with Gasteiger partial charge in [0.2, 0.25) is 0 Å². The maximum absolute atomic E-state index is 10.2. The van der Waals surface area contributed by atoms with Gasteiger partial charge in [-0.25, -0.2) is 0 Å². The molecule has 0 aromatic heterocycles. The van der Waals surface area contributed by atoms with E-state index in [1.165, 1.54) is 13.8 Å². The number of carbonyl (C=O) groups is 2. The monoisotopic (exact) mass is 207 g/mol. The number of rotatable bonds is 2. The first-order chi connectivity index (χ1) is 5.59. The number of hydrogen-bond donors (Lipinski definition) is 3. The van der Waals surface area contributed by atoms with Gasteiger partial charge in [0, 0.05) is 4.75 Å². The average Bonchev–Trinajstić information content (AvgIpc) is 1.82. The minimum Gasteiger partial charge on any atom is -0.480 e. The summed E-state index contributed by atoms with van der Waals surface area (Å²) in [5.41, 5.74) is 5.22. The standard InChI is InChI=1S/C5H11NO2S.C3H6O/c1-5(2,9)3(6)4(7)8;1-3(2)4/h3,9H,6H2,1-2H3,(H,7,8);1-2H3/t3-;/m0./s1. The first-order valence-electron chi connectivity index (χ1n) is 3.77. The molecule has 4 nitrogen and oxygen atoms in total. The van der Waals surface area contributed by atoms with Crippen molar-refractivity contribution < 1.29 is 14.7 Å². The molecule has 5 heteroatoms. The molecule has 0 unspecified atom stereocenters. The summed E-state index contributed by atoms with van der Waals surface area (Å²) >= 11 is 3.98. The third-order valence-electron chi connectivity index (χ3n) is 1.03. The summed E-state index contributed by atoms with van der Waals surface area (Å²) in [6, 6.07) is -0.902. The van der Waals surface area contributed by atoms with E-state index in [0.717, 1.165) is 0 Å². The van der Waals surface area contributed by atoms with Crippen LogP contribution in [0.15, 0.2) is 0 Å². The minimum atomic E-state index is -1.02. The maximum Gasteiger partial charge on any atom is 0.321 e. The Morgan fingerprint density at radius 2 is 1.62 bits per heavy atom. The molecule has 0 aliphatic heterocycles. The van der Waals surface area contributed by atoms with Crippen LogP contribution in [0.1, 0.15) is 27.7 Å². The van der Waals surface area contributed by atoms with E-state index in [1.54, 1.807) is 13.8 Å². The third kappa shape index (κ3) is 11.5. The number of carboxylic acid groups (broad SMARTS) is 1. The Balaban J connectivity index is 0. The summed E-state index contributed by atoms with van der Waals surface area (Å²) in [5, 5.41) is 8.34. The van der Waals surface area contributed by atoms with Gasteiger partial charge in [0.05, 0.1) is 0 Å². The van der Waals surface area contributed by atoms with E-state index < -0.39 is 16.8 Å². The Bertz CT molecular complexity index is 182. The van der Waals surface area contributed by atoms with Crippen molar-refractivity contribution in [2.45, 2.75) is 38.5 Å². The smallest absolute Gasteiger partial charge is 0.321 e. The third-order valence-corrected chi connectivity index (χ3v) is 1.31. The highest BCUT2D eigenvalue weighted by molar-refractivity contribution is 7.81. The molecule has 0 saturated heterocycles. The lowest BCUT2D eigenvalue weighted by atomic mass is 10.1. The van der Waals surface area contributed by atoms with Crippen LogP contribution in [-0.2, 0) is 9.59 Å². The van der Waals surface area contributed by atoms with E-state index in [1.807, 2.05) is 0 Å². The van der Waals surface area contributed by atoms with Crippen LogP contribution in [0, 0.1) is 0 Å². The molecule has 0 bridgehead atoms. The Kier molecular flexibility index (Phi) is 6.89. The highest BCUT2D eigenvalue weighted by Gasteiger charge is 2.27. The Labute approximate surface area is 83.9 Å². The number of ketones is 1. The predicted octanol–water partition coefficient (Wildman–Crippen LogP) is 0.702. The quantitative estimate of drug-likeness (QED) is 0.582. The number of Topliss-reactive ketones (excluding diaryl/α,β-unsaturated/α-hetero) is 1. The van der Waals surface area contributed by atoms with Crippen molar-refractivity contribution in [2.24, 2.45) is 5.73 Å². The Morgan fingerprint density at radius 1 is 1.38 bits per heavy atom. The van der Waals surface area contributed by atoms with Crippen molar-refractivity contribution in [2.75, 3.05) is 0 Å². The number of carboxylic acids is 1. The molecular formula is C8H17NO3S. The first kappa shape index (κ1) is 14.9. The van der Waals surface area contributed by atoms with Crippen LogP contribution in [0.3, 0.4) is 0 Å². The fourth-order valence-corrected chi connectivity index (χ4v) is 0.413. The number of nitrogens with two attached hydrogens (primary N) is 1. The molecule has 0 aromatic carbocycles. The molecule has 13 heavy (non-hydrogen) atoms. The average molecular weight is 207 g/mol. The fourth-order valence-electron chi connectivity index (χ4n) is 0.302. The normalized spacial score (nSPS) is 12.5. The Morgan fingerprint density at radius 3 is 1.62 bits per heavy atom. The number of thiol groups is 1. The molecule has 0 heterocycles. The molecule has 0 spiro atoms. The largest absolute Gasteiger partial charge is 0.480 e. The van der Waals surface area contributed by atoms with Gasteiger partial charge in [0.1, 0.15) is 11.8 Å². The predicted molar refractivity (Wildman–Crippen MR) is 55.0 cm³/mol. The van der Waals surface area contributed by atoms with E-state index in [9.17, 15) is 9.59 Å². The molecule has 1 atom stereocenters. The van der Waals surface area contributed by atoms with Crippen LogP contribution in [0.25, 0.3) is 0 Å². The van der Waals surface area contributed by atoms with Crippen LogP contribution >= 0.6 is 12.6 Å². The maximum atomic E-state index is 10.2. The van der Waals surface area contributed by atoms with E-state index in [2.05, 4.69) is 12.6 Å². The molecule has 0 saturated carbocycles. The van der Waals surface area contributed by atoms with Crippen molar-refractivity contribution in [1.82, 2.24) is 0 Å². The van der Waals surface area contributed by atoms with Crippen LogP contribution in [0.5, 0.6) is 0 Å². The van der Waals surface area contributed by atoms with Gasteiger partial charge >= 0.3 is 5.97 Å². The fraction of sp³-hybridized carbons (Fsp3) is 0.750.